The first-order valence-corrected chi connectivity index (χ1v) is 45.2. The summed E-state index contributed by atoms with van der Waals surface area (Å²) in [5, 5.41) is 26.8. The van der Waals surface area contributed by atoms with E-state index in [9.17, 15) is 19.2 Å². The van der Waals surface area contributed by atoms with Gasteiger partial charge in [-0.1, -0.05) is 38.2 Å². The second-order valence-electron chi connectivity index (χ2n) is 34.9. The number of pyridine rings is 2. The van der Waals surface area contributed by atoms with Gasteiger partial charge in [-0.2, -0.15) is 20.4 Å². The lowest BCUT2D eigenvalue weighted by molar-refractivity contribution is 0.0592. The summed E-state index contributed by atoms with van der Waals surface area (Å²) in [6.07, 6.45) is 26.9. The van der Waals surface area contributed by atoms with Crippen LogP contribution in [0.4, 0.5) is 23.3 Å². The third kappa shape index (κ3) is 17.4. The maximum atomic E-state index is 13.3. The van der Waals surface area contributed by atoms with Crippen LogP contribution in [0.1, 0.15) is 253 Å². The predicted molar refractivity (Wildman–Crippen MR) is 465 cm³/mol. The summed E-state index contributed by atoms with van der Waals surface area (Å²) in [5.74, 6) is 6.97. The van der Waals surface area contributed by atoms with Crippen LogP contribution in [0.25, 0.3) is 22.6 Å². The molecule has 0 radical (unpaired) electrons. The van der Waals surface area contributed by atoms with Crippen LogP contribution < -0.4 is 19.6 Å². The number of carbonyl (C=O) groups excluding carboxylic acids is 4. The van der Waals surface area contributed by atoms with Crippen LogP contribution in [0.2, 0.25) is 0 Å². The van der Waals surface area contributed by atoms with Crippen molar-refractivity contribution in [1.29, 1.82) is 0 Å². The Labute approximate surface area is 708 Å². The number of hydrogen-bond donors (Lipinski definition) is 0. The lowest BCUT2D eigenvalue weighted by Crippen LogP contribution is -2.39. The Morgan fingerprint density at radius 3 is 1.04 bits per heavy atom. The molecule has 4 amide bonds. The number of thiazole rings is 1. The molecule has 8 fully saturated rings. The summed E-state index contributed by atoms with van der Waals surface area (Å²) >= 11 is 2.66. The minimum absolute atomic E-state index is 0.00360. The standard InChI is InChI=1S/2C24H30N6O.C21H26N6OS.C20H25N7OS/c1-16-10-12-28(14-16)23-17(2)15-30-22(26-23)13-20(27-30)21-9-4-5-11-29(21)24(31)19-8-6-7-18(3)25-19;1-16-7-9-25-20(12-16)24(31)29-10-5-4-6-21(29)19-13-22-26-23(18(3)15-30(22)27-19)28-11-8-17(2)14-28;1-14-6-8-25(10-14)20-15(2)11-27-19(23-20)9-16(24-27)18-5-3-4-7-26(18)21(28)17-12-29-13-22-17;1-13-6-8-25(10-13)19-14(2)11-27-18(21-19)9-15(23-27)17-5-3-4-7-26(17)20(28)16-12-29-24-22-16/h6-8,13,15-16,21H,4-5,9-12,14H2,1-3H3;7,9,12-13,15,17,21H,4-6,8,10-11,14H2,1-3H3;9,11-14,18H,3-8,10H2,1-2H3;9,11-13,17H,3-8,10H2,1-2H3/t16-,21-;17-,21-;14-,18-;13-,17-/m0000/s1. The van der Waals surface area contributed by atoms with Crippen molar-refractivity contribution >= 4 is 92.4 Å². The first-order valence-electron chi connectivity index (χ1n) is 43.4. The molecule has 0 aromatic carbocycles. The first kappa shape index (κ1) is 81.4. The van der Waals surface area contributed by atoms with Gasteiger partial charge in [0, 0.05) is 172 Å². The van der Waals surface area contributed by atoms with Crippen LogP contribution in [0.3, 0.4) is 0 Å². The number of piperidine rings is 4. The third-order valence-electron chi connectivity index (χ3n) is 25.3. The molecule has 12 aromatic heterocycles. The van der Waals surface area contributed by atoms with Crippen LogP contribution in [0, 0.1) is 65.2 Å². The SMILES string of the molecule is Cc1cccc(C(=O)N2CCCC[C@H]2c2cc3nc(N4CC[C@H](C)C4)c(C)cn3n2)n1.Cc1ccnc(C(=O)N2CCCC[C@H]2c2cc3nc(N4CC[C@H](C)C4)c(C)cn3n2)c1.Cc1cn2nc([C@@H]3CCCCN3C(=O)c3cscn3)cc2nc1N1CC[C@H](C)C1.Cc1cn2nc([C@@H]3CCCCN3C(=O)c3csnn3)cc2nc1N1CC[C@H](C)C1. The van der Waals surface area contributed by atoms with Crippen molar-refractivity contribution in [2.45, 2.75) is 196 Å². The number of nitrogens with zero attached hydrogens (tertiary/aromatic N) is 25. The normalized spacial score (nSPS) is 22.1. The quantitative estimate of drug-likeness (QED) is 0.110. The molecule has 8 atom stereocenters. The highest BCUT2D eigenvalue weighted by molar-refractivity contribution is 7.07. The van der Waals surface area contributed by atoms with Gasteiger partial charge in [-0.3, -0.25) is 24.2 Å². The molecule has 628 valence electrons. The van der Waals surface area contributed by atoms with E-state index in [2.05, 4.69) is 143 Å². The molecule has 0 saturated carbocycles. The zero-order valence-electron chi connectivity index (χ0n) is 70.9. The van der Waals surface area contributed by atoms with E-state index in [0.717, 1.165) is 258 Å². The molecule has 29 nitrogen and oxygen atoms in total. The monoisotopic (exact) mass is 1660 g/mol. The number of amides is 4. The van der Waals surface area contributed by atoms with Crippen LogP contribution in [-0.2, 0) is 0 Å². The molecular formula is C89H111N25O4S2. The summed E-state index contributed by atoms with van der Waals surface area (Å²) in [7, 11) is 0. The molecule has 0 unspecified atom stereocenters. The van der Waals surface area contributed by atoms with Gasteiger partial charge in [-0.05, 0) is 209 Å². The highest BCUT2D eigenvalue weighted by Gasteiger charge is 2.38. The van der Waals surface area contributed by atoms with Gasteiger partial charge in [0.25, 0.3) is 23.6 Å². The molecule has 12 aromatic rings. The van der Waals surface area contributed by atoms with E-state index in [1.165, 1.54) is 48.6 Å². The zero-order valence-corrected chi connectivity index (χ0v) is 72.5. The van der Waals surface area contributed by atoms with Crippen molar-refractivity contribution in [3.63, 3.8) is 0 Å². The second kappa shape index (κ2) is 35.4. The van der Waals surface area contributed by atoms with Crippen LogP contribution in [0.5, 0.6) is 0 Å². The summed E-state index contributed by atoms with van der Waals surface area (Å²) in [6, 6.07) is 17.5. The Kier molecular flexibility index (Phi) is 24.0. The number of rotatable bonds is 12. The van der Waals surface area contributed by atoms with Crippen molar-refractivity contribution in [2.24, 2.45) is 23.7 Å². The van der Waals surface area contributed by atoms with Crippen molar-refractivity contribution in [2.75, 3.05) is 98.1 Å². The predicted octanol–water partition coefficient (Wildman–Crippen LogP) is 14.7. The molecule has 0 N–H and O–H groups in total. The number of likely N-dealkylation sites (tertiary alicyclic amines) is 4. The third-order valence-corrected chi connectivity index (χ3v) is 26.4. The van der Waals surface area contributed by atoms with Crippen LogP contribution in [-0.4, -0.2) is 205 Å². The number of hydrogen-bond acceptors (Lipinski definition) is 23. The maximum Gasteiger partial charge on any atom is 0.275 e. The van der Waals surface area contributed by atoms with Gasteiger partial charge in [0.2, 0.25) is 0 Å². The van der Waals surface area contributed by atoms with E-state index >= 15 is 0 Å². The number of anilines is 4. The largest absolute Gasteiger partial charge is 0.356 e. The molecule has 8 saturated heterocycles. The van der Waals surface area contributed by atoms with Crippen molar-refractivity contribution in [3.05, 3.63) is 181 Å². The molecule has 8 aliphatic rings. The van der Waals surface area contributed by atoms with Crippen molar-refractivity contribution < 1.29 is 19.2 Å². The first-order chi connectivity index (χ1) is 58.2. The highest BCUT2D eigenvalue weighted by Crippen LogP contribution is 2.39. The molecule has 31 heteroatoms. The van der Waals surface area contributed by atoms with Gasteiger partial charge >= 0.3 is 0 Å². The lowest BCUT2D eigenvalue weighted by Gasteiger charge is -2.34. The molecule has 0 aliphatic carbocycles. The number of carbonyl (C=O) groups is 4. The van der Waals surface area contributed by atoms with Gasteiger partial charge in [0.05, 0.1) is 52.5 Å². The summed E-state index contributed by atoms with van der Waals surface area (Å²) in [5.41, 5.74) is 17.2. The van der Waals surface area contributed by atoms with E-state index in [1.54, 1.807) is 23.2 Å². The number of aryl methyl sites for hydroxylation is 6. The Balaban J connectivity index is 0.000000114. The molecule has 20 heterocycles. The average molecular weight is 1660 g/mol. The van der Waals surface area contributed by atoms with E-state index in [1.807, 2.05) is 87.2 Å². The van der Waals surface area contributed by atoms with Gasteiger partial charge in [0.1, 0.15) is 40.4 Å². The molecule has 20 rings (SSSR count). The maximum absolute atomic E-state index is 13.3. The van der Waals surface area contributed by atoms with E-state index in [0.29, 0.717) is 46.4 Å². The fourth-order valence-corrected chi connectivity index (χ4v) is 19.9. The molecule has 120 heavy (non-hydrogen) atoms. The smallest absolute Gasteiger partial charge is 0.275 e. The zero-order chi connectivity index (χ0) is 83.0. The number of fused-ring (bicyclic) bond motifs is 4. The van der Waals surface area contributed by atoms with Gasteiger partial charge in [-0.25, -0.2) is 48.0 Å². The topological polar surface area (TPSA) is 279 Å². The van der Waals surface area contributed by atoms with E-state index < -0.39 is 0 Å². The lowest BCUT2D eigenvalue weighted by atomic mass is 9.98. The summed E-state index contributed by atoms with van der Waals surface area (Å²) in [4.78, 5) is 103. The van der Waals surface area contributed by atoms with E-state index in [4.69, 9.17) is 40.3 Å². The van der Waals surface area contributed by atoms with E-state index in [-0.39, 0.29) is 47.8 Å². The molecule has 8 aliphatic heterocycles. The minimum atomic E-state index is -0.0589. The number of aromatic nitrogens is 17. The molecular weight excluding hydrogens is 1550 g/mol. The Morgan fingerprint density at radius 1 is 0.367 bits per heavy atom. The van der Waals surface area contributed by atoms with Gasteiger partial charge in [0.15, 0.2) is 28.3 Å². The van der Waals surface area contributed by atoms with Gasteiger partial charge < -0.3 is 39.2 Å². The van der Waals surface area contributed by atoms with Crippen molar-refractivity contribution in [1.82, 2.24) is 103 Å². The van der Waals surface area contributed by atoms with Crippen LogP contribution >= 0.6 is 22.9 Å². The van der Waals surface area contributed by atoms with Crippen LogP contribution in [0.15, 0.2) is 102 Å². The Hall–Kier alpha value is -11.0. The molecule has 0 bridgehead atoms. The fourth-order valence-electron chi connectivity index (χ4n) is 18.9. The second-order valence-corrected chi connectivity index (χ2v) is 36.3. The fraction of sp³-hybridized carbons (Fsp3) is 0.517. The Morgan fingerprint density at radius 2 is 0.725 bits per heavy atom. The highest BCUT2D eigenvalue weighted by atomic mass is 32.1. The minimum Gasteiger partial charge on any atom is -0.356 e. The van der Waals surface area contributed by atoms with Crippen molar-refractivity contribution in [3.8, 4) is 0 Å². The Bertz CT molecular complexity index is 5340. The summed E-state index contributed by atoms with van der Waals surface area (Å²) < 4.78 is 11.3. The molecule has 0 spiro atoms. The average Bonchev–Trinajstić information content (AvgIpc) is 1.67. The summed E-state index contributed by atoms with van der Waals surface area (Å²) in [6.45, 7) is 32.9. The van der Waals surface area contributed by atoms with Gasteiger partial charge in [-0.15, -0.1) is 16.4 Å².